The molecule has 1 atom stereocenters. The van der Waals surface area contributed by atoms with Gasteiger partial charge in [-0.2, -0.15) is 0 Å². The number of nitrogens with zero attached hydrogens (tertiary/aromatic N) is 5. The van der Waals surface area contributed by atoms with Gasteiger partial charge in [0.05, 0.1) is 6.20 Å². The zero-order valence-corrected chi connectivity index (χ0v) is 15.0. The summed E-state index contributed by atoms with van der Waals surface area (Å²) >= 11 is 0. The van der Waals surface area contributed by atoms with Crippen molar-refractivity contribution in [2.75, 3.05) is 13.1 Å². The van der Waals surface area contributed by atoms with Crippen LogP contribution >= 0.6 is 0 Å². The zero-order chi connectivity index (χ0) is 17.8. The Kier molecular flexibility index (Phi) is 5.13. The molecule has 1 saturated carbocycles. The lowest BCUT2D eigenvalue weighted by molar-refractivity contribution is 0.154. The fourth-order valence-electron chi connectivity index (χ4n) is 4.04. The highest BCUT2D eigenvalue weighted by Gasteiger charge is 2.26. The van der Waals surface area contributed by atoms with Crippen LogP contribution in [0.25, 0.3) is 11.3 Å². The molecule has 7 heteroatoms. The molecule has 2 amide bonds. The number of likely N-dealkylation sites (tertiary alicyclic amines) is 1. The Bertz CT molecular complexity index is 725. The van der Waals surface area contributed by atoms with Crippen LogP contribution in [0.2, 0.25) is 0 Å². The van der Waals surface area contributed by atoms with E-state index in [2.05, 4.69) is 20.6 Å². The molecule has 0 bridgehead atoms. The fraction of sp³-hybridized carbons (Fsp3) is 0.579. The van der Waals surface area contributed by atoms with Gasteiger partial charge in [0.25, 0.3) is 0 Å². The molecule has 138 valence electrons. The quantitative estimate of drug-likeness (QED) is 0.916. The maximum absolute atomic E-state index is 12.5. The lowest BCUT2D eigenvalue weighted by atomic mass is 9.98. The van der Waals surface area contributed by atoms with Crippen molar-refractivity contribution in [3.8, 4) is 11.3 Å². The first-order valence-corrected chi connectivity index (χ1v) is 9.64. The molecule has 0 aromatic carbocycles. The van der Waals surface area contributed by atoms with Crippen molar-refractivity contribution in [1.29, 1.82) is 0 Å². The molecule has 2 aromatic heterocycles. The topological polar surface area (TPSA) is 75.9 Å². The molecule has 0 radical (unpaired) electrons. The summed E-state index contributed by atoms with van der Waals surface area (Å²) in [5, 5.41) is 11.7. The number of carbonyl (C=O) groups excluding carboxylic acids is 1. The number of hydrogen-bond donors (Lipinski definition) is 1. The van der Waals surface area contributed by atoms with Crippen LogP contribution in [0.3, 0.4) is 0 Å². The third kappa shape index (κ3) is 4.03. The largest absolute Gasteiger partial charge is 0.335 e. The van der Waals surface area contributed by atoms with Crippen LogP contribution < -0.4 is 5.32 Å². The van der Waals surface area contributed by atoms with Crippen molar-refractivity contribution in [3.05, 3.63) is 30.7 Å². The van der Waals surface area contributed by atoms with Crippen LogP contribution in [-0.4, -0.2) is 50.0 Å². The number of aromatic nitrogens is 4. The van der Waals surface area contributed by atoms with Crippen molar-refractivity contribution >= 4 is 6.03 Å². The van der Waals surface area contributed by atoms with Gasteiger partial charge in [-0.05, 0) is 43.7 Å². The average molecular weight is 354 g/mol. The normalized spacial score (nSPS) is 21.1. The minimum Gasteiger partial charge on any atom is -0.335 e. The lowest BCUT2D eigenvalue weighted by Gasteiger charge is -2.33. The van der Waals surface area contributed by atoms with E-state index in [4.69, 9.17) is 0 Å². The second-order valence-corrected chi connectivity index (χ2v) is 7.45. The molecule has 1 aliphatic heterocycles. The number of hydrogen-bond acceptors (Lipinski definition) is 4. The number of rotatable bonds is 4. The first kappa shape index (κ1) is 17.0. The van der Waals surface area contributed by atoms with Gasteiger partial charge >= 0.3 is 6.03 Å². The Morgan fingerprint density at radius 2 is 1.96 bits per heavy atom. The Balaban J connectivity index is 1.33. The van der Waals surface area contributed by atoms with Crippen LogP contribution in [0.15, 0.2) is 30.7 Å². The second kappa shape index (κ2) is 7.85. The molecular formula is C19H26N6O. The van der Waals surface area contributed by atoms with Crippen molar-refractivity contribution < 1.29 is 4.79 Å². The van der Waals surface area contributed by atoms with E-state index in [1.54, 1.807) is 12.4 Å². The van der Waals surface area contributed by atoms with Crippen LogP contribution in [0, 0.1) is 5.92 Å². The predicted molar refractivity (Wildman–Crippen MR) is 98.3 cm³/mol. The molecule has 1 aliphatic carbocycles. The Morgan fingerprint density at radius 1 is 1.15 bits per heavy atom. The van der Waals surface area contributed by atoms with Crippen LogP contribution in [0.4, 0.5) is 4.79 Å². The molecule has 0 unspecified atom stereocenters. The Labute approximate surface area is 153 Å². The van der Waals surface area contributed by atoms with E-state index in [1.165, 1.54) is 12.8 Å². The van der Waals surface area contributed by atoms with Gasteiger partial charge in [0.2, 0.25) is 0 Å². The number of nitrogens with one attached hydrogen (secondary N) is 1. The summed E-state index contributed by atoms with van der Waals surface area (Å²) in [6.45, 7) is 2.45. The van der Waals surface area contributed by atoms with Crippen molar-refractivity contribution in [3.63, 3.8) is 0 Å². The van der Waals surface area contributed by atoms with Gasteiger partial charge in [0, 0.05) is 43.6 Å². The van der Waals surface area contributed by atoms with Gasteiger partial charge in [-0.1, -0.05) is 18.1 Å². The van der Waals surface area contributed by atoms with Crippen molar-refractivity contribution in [1.82, 2.24) is 30.2 Å². The van der Waals surface area contributed by atoms with Gasteiger partial charge in [-0.3, -0.25) is 9.67 Å². The molecule has 3 heterocycles. The van der Waals surface area contributed by atoms with Crippen LogP contribution in [-0.2, 0) is 6.54 Å². The summed E-state index contributed by atoms with van der Waals surface area (Å²) in [6.07, 6.45) is 12.4. The van der Waals surface area contributed by atoms with Crippen molar-refractivity contribution in [2.45, 2.75) is 51.1 Å². The predicted octanol–water partition coefficient (Wildman–Crippen LogP) is 2.70. The number of urea groups is 1. The second-order valence-electron chi connectivity index (χ2n) is 7.45. The highest BCUT2D eigenvalue weighted by atomic mass is 16.2. The maximum atomic E-state index is 12.5. The molecule has 26 heavy (non-hydrogen) atoms. The Hall–Kier alpha value is -2.44. The zero-order valence-electron chi connectivity index (χ0n) is 15.0. The summed E-state index contributed by atoms with van der Waals surface area (Å²) in [6, 6.07) is 4.35. The smallest absolute Gasteiger partial charge is 0.317 e. The summed E-state index contributed by atoms with van der Waals surface area (Å²) < 4.78 is 1.90. The van der Waals surface area contributed by atoms with E-state index in [0.29, 0.717) is 12.0 Å². The summed E-state index contributed by atoms with van der Waals surface area (Å²) in [5.41, 5.74) is 1.88. The van der Waals surface area contributed by atoms with E-state index < -0.39 is 0 Å². The van der Waals surface area contributed by atoms with E-state index in [9.17, 15) is 4.79 Å². The van der Waals surface area contributed by atoms with Gasteiger partial charge in [0.1, 0.15) is 5.69 Å². The molecular weight excluding hydrogens is 328 g/mol. The van der Waals surface area contributed by atoms with E-state index >= 15 is 0 Å². The molecule has 7 nitrogen and oxygen atoms in total. The molecule has 4 rings (SSSR count). The van der Waals surface area contributed by atoms with Crippen molar-refractivity contribution in [2.24, 2.45) is 5.92 Å². The molecule has 1 saturated heterocycles. The first-order chi connectivity index (χ1) is 12.8. The lowest BCUT2D eigenvalue weighted by Crippen LogP contribution is -2.48. The summed E-state index contributed by atoms with van der Waals surface area (Å²) in [4.78, 5) is 18.5. The van der Waals surface area contributed by atoms with Gasteiger partial charge in [-0.25, -0.2) is 4.79 Å². The minimum atomic E-state index is 0.109. The molecule has 2 aromatic rings. The third-order valence-corrected chi connectivity index (χ3v) is 5.45. The molecule has 2 aliphatic rings. The molecule has 2 fully saturated rings. The van der Waals surface area contributed by atoms with Gasteiger partial charge in [-0.15, -0.1) is 5.10 Å². The molecule has 0 spiro atoms. The van der Waals surface area contributed by atoms with Gasteiger partial charge < -0.3 is 10.2 Å². The third-order valence-electron chi connectivity index (χ3n) is 5.45. The Morgan fingerprint density at radius 3 is 2.77 bits per heavy atom. The number of amides is 2. The number of pyridine rings is 1. The average Bonchev–Trinajstić information content (AvgIpc) is 3.35. The highest BCUT2D eigenvalue weighted by molar-refractivity contribution is 5.74. The summed E-state index contributed by atoms with van der Waals surface area (Å²) in [5.74, 6) is 0.421. The standard InChI is InChI=1S/C19H26N6O/c26-19(21-17-5-1-2-6-17)24-11-3-4-15(12-24)13-25-14-18(22-23-25)16-7-9-20-10-8-16/h7-10,14-15,17H,1-6,11-13H2,(H,21,26)/t15-/m0/s1. The van der Waals surface area contributed by atoms with Gasteiger partial charge in [0.15, 0.2) is 0 Å². The highest BCUT2D eigenvalue weighted by Crippen LogP contribution is 2.22. The maximum Gasteiger partial charge on any atom is 0.317 e. The van der Waals surface area contributed by atoms with E-state index in [0.717, 1.165) is 56.6 Å². The van der Waals surface area contributed by atoms with E-state index in [1.807, 2.05) is 27.9 Å². The van der Waals surface area contributed by atoms with Crippen LogP contribution in [0.5, 0.6) is 0 Å². The summed E-state index contributed by atoms with van der Waals surface area (Å²) in [7, 11) is 0. The number of carbonyl (C=O) groups is 1. The monoisotopic (exact) mass is 354 g/mol. The SMILES string of the molecule is O=C(NC1CCCC1)N1CCC[C@H](Cn2cc(-c3ccncc3)nn2)C1. The van der Waals surface area contributed by atoms with E-state index in [-0.39, 0.29) is 6.03 Å². The fourth-order valence-corrected chi connectivity index (χ4v) is 4.04. The number of piperidine rings is 1. The first-order valence-electron chi connectivity index (χ1n) is 9.64. The molecule has 1 N–H and O–H groups in total. The van der Waals surface area contributed by atoms with Crippen LogP contribution in [0.1, 0.15) is 38.5 Å². The minimum absolute atomic E-state index is 0.109.